The Balaban J connectivity index is 1.78. The molecule has 1 aliphatic carbocycles. The van der Waals surface area contributed by atoms with Crippen molar-refractivity contribution in [1.82, 2.24) is 9.97 Å². The summed E-state index contributed by atoms with van der Waals surface area (Å²) in [6.45, 7) is 1.92. The van der Waals surface area contributed by atoms with Crippen LogP contribution in [-0.2, 0) is 12.8 Å². The zero-order valence-corrected chi connectivity index (χ0v) is 12.8. The van der Waals surface area contributed by atoms with Crippen molar-refractivity contribution in [3.05, 3.63) is 52.8 Å². The summed E-state index contributed by atoms with van der Waals surface area (Å²) < 4.78 is 0. The molecule has 2 aromatic rings. The van der Waals surface area contributed by atoms with Crippen LogP contribution < -0.4 is 11.1 Å². The number of nitrogens with zero attached hydrogens (tertiary/aromatic N) is 2. The zero-order chi connectivity index (χ0) is 14.8. The highest BCUT2D eigenvalue weighted by Crippen LogP contribution is 2.22. The number of aryl methyl sites for hydroxylation is 2. The molecule has 0 radical (unpaired) electrons. The largest absolute Gasteiger partial charge is 0.388 e. The van der Waals surface area contributed by atoms with Gasteiger partial charge in [0.2, 0.25) is 5.95 Å². The Morgan fingerprint density at radius 1 is 1.29 bits per heavy atom. The van der Waals surface area contributed by atoms with Crippen LogP contribution in [0.4, 0.5) is 5.95 Å². The average Bonchev–Trinajstić information content (AvgIpc) is 2.46. The highest BCUT2D eigenvalue weighted by Gasteiger charge is 2.19. The fourth-order valence-electron chi connectivity index (χ4n) is 2.76. The van der Waals surface area contributed by atoms with E-state index >= 15 is 0 Å². The molecule has 1 aromatic carbocycles. The third-order valence-corrected chi connectivity index (χ3v) is 4.00. The van der Waals surface area contributed by atoms with Gasteiger partial charge in [-0.05, 0) is 43.4 Å². The highest BCUT2D eigenvalue weighted by atomic mass is 32.1. The molecular formula is C16H18N4S. The van der Waals surface area contributed by atoms with E-state index in [1.165, 1.54) is 11.1 Å². The zero-order valence-electron chi connectivity index (χ0n) is 12.0. The van der Waals surface area contributed by atoms with Crippen molar-refractivity contribution in [2.45, 2.75) is 32.2 Å². The summed E-state index contributed by atoms with van der Waals surface area (Å²) in [7, 11) is 0. The monoisotopic (exact) mass is 298 g/mol. The first-order valence-electron chi connectivity index (χ1n) is 7.10. The molecule has 0 saturated heterocycles. The summed E-state index contributed by atoms with van der Waals surface area (Å²) in [6.07, 6.45) is 3.16. The van der Waals surface area contributed by atoms with Gasteiger partial charge in [-0.3, -0.25) is 0 Å². The molecule has 0 aliphatic heterocycles. The molecule has 108 valence electrons. The van der Waals surface area contributed by atoms with E-state index in [1.54, 1.807) is 0 Å². The summed E-state index contributed by atoms with van der Waals surface area (Å²) in [5.41, 5.74) is 10.0. The summed E-state index contributed by atoms with van der Waals surface area (Å²) in [5, 5.41) is 3.42. The maximum atomic E-state index is 5.66. The van der Waals surface area contributed by atoms with Crippen molar-refractivity contribution >= 4 is 23.2 Å². The van der Waals surface area contributed by atoms with Crippen molar-refractivity contribution in [1.29, 1.82) is 0 Å². The maximum absolute atomic E-state index is 5.66. The van der Waals surface area contributed by atoms with Crippen molar-refractivity contribution in [3.8, 4) is 0 Å². The number of aromatic nitrogens is 2. The molecule has 3 N–H and O–H groups in total. The fourth-order valence-corrected chi connectivity index (χ4v) is 2.87. The fraction of sp³-hybridized carbons (Fsp3) is 0.312. The predicted octanol–water partition coefficient (Wildman–Crippen LogP) is 2.39. The minimum atomic E-state index is 0.303. The second kappa shape index (κ2) is 5.77. The number of nitrogens with two attached hydrogens (primary N) is 1. The standard InChI is InChI=1S/C16H18N4S/c1-10-8-14(15(17)21)20-16(18-10)19-13-7-6-11-4-2-3-5-12(11)9-13/h2-5,8,13H,6-7,9H2,1H3,(H2,17,21)(H,18,19,20). The van der Waals surface area contributed by atoms with Gasteiger partial charge in [-0.15, -0.1) is 0 Å². The SMILES string of the molecule is Cc1cc(C(N)=S)nc(NC2CCc3ccccc3C2)n1. The molecule has 5 heteroatoms. The maximum Gasteiger partial charge on any atom is 0.223 e. The molecule has 4 nitrogen and oxygen atoms in total. The molecule has 1 heterocycles. The highest BCUT2D eigenvalue weighted by molar-refractivity contribution is 7.80. The summed E-state index contributed by atoms with van der Waals surface area (Å²) >= 11 is 5.00. The Morgan fingerprint density at radius 2 is 2.05 bits per heavy atom. The van der Waals surface area contributed by atoms with Crippen LogP contribution in [0.2, 0.25) is 0 Å². The number of benzene rings is 1. The van der Waals surface area contributed by atoms with E-state index in [1.807, 2.05) is 13.0 Å². The van der Waals surface area contributed by atoms with Crippen LogP contribution in [0, 0.1) is 6.92 Å². The quantitative estimate of drug-likeness (QED) is 0.852. The van der Waals surface area contributed by atoms with Gasteiger partial charge in [0, 0.05) is 11.7 Å². The lowest BCUT2D eigenvalue weighted by Crippen LogP contribution is -2.28. The second-order valence-electron chi connectivity index (χ2n) is 5.44. The lowest BCUT2D eigenvalue weighted by Gasteiger charge is -2.25. The first kappa shape index (κ1) is 13.9. The molecule has 0 fully saturated rings. The van der Waals surface area contributed by atoms with Gasteiger partial charge < -0.3 is 11.1 Å². The average molecular weight is 298 g/mol. The van der Waals surface area contributed by atoms with Gasteiger partial charge in [-0.25, -0.2) is 9.97 Å². The molecular weight excluding hydrogens is 280 g/mol. The predicted molar refractivity (Wildman–Crippen MR) is 88.5 cm³/mol. The number of hydrogen-bond acceptors (Lipinski definition) is 4. The van der Waals surface area contributed by atoms with Gasteiger partial charge in [-0.1, -0.05) is 36.5 Å². The molecule has 0 saturated carbocycles. The number of fused-ring (bicyclic) bond motifs is 1. The molecule has 0 spiro atoms. The normalized spacial score (nSPS) is 17.1. The Kier molecular flexibility index (Phi) is 3.84. The van der Waals surface area contributed by atoms with Gasteiger partial charge in [-0.2, -0.15) is 0 Å². The lowest BCUT2D eigenvalue weighted by molar-refractivity contribution is 0.606. The number of nitrogens with one attached hydrogen (secondary N) is 1. The van der Waals surface area contributed by atoms with Crippen molar-refractivity contribution in [2.24, 2.45) is 5.73 Å². The molecule has 1 aliphatic rings. The minimum absolute atomic E-state index is 0.303. The minimum Gasteiger partial charge on any atom is -0.388 e. The second-order valence-corrected chi connectivity index (χ2v) is 5.88. The van der Waals surface area contributed by atoms with Gasteiger partial charge in [0.15, 0.2) is 0 Å². The topological polar surface area (TPSA) is 63.8 Å². The Bertz CT molecular complexity index is 684. The first-order chi connectivity index (χ1) is 10.1. The molecule has 0 bridgehead atoms. The van der Waals surface area contributed by atoms with Crippen LogP contribution in [-0.4, -0.2) is 21.0 Å². The Labute approximate surface area is 129 Å². The van der Waals surface area contributed by atoms with E-state index in [-0.39, 0.29) is 0 Å². The van der Waals surface area contributed by atoms with Crippen molar-refractivity contribution in [3.63, 3.8) is 0 Å². The van der Waals surface area contributed by atoms with E-state index in [0.29, 0.717) is 22.7 Å². The summed E-state index contributed by atoms with van der Waals surface area (Å²) in [4.78, 5) is 9.13. The summed E-state index contributed by atoms with van der Waals surface area (Å²) in [5.74, 6) is 0.613. The Morgan fingerprint density at radius 3 is 2.81 bits per heavy atom. The van der Waals surface area contributed by atoms with Gasteiger partial charge in [0.1, 0.15) is 10.7 Å². The summed E-state index contributed by atoms with van der Waals surface area (Å²) in [6, 6.07) is 10.8. The van der Waals surface area contributed by atoms with Gasteiger partial charge in [0.25, 0.3) is 0 Å². The lowest BCUT2D eigenvalue weighted by atomic mass is 9.88. The smallest absolute Gasteiger partial charge is 0.223 e. The van der Waals surface area contributed by atoms with Gasteiger partial charge in [0.05, 0.1) is 0 Å². The van der Waals surface area contributed by atoms with E-state index in [9.17, 15) is 0 Å². The van der Waals surface area contributed by atoms with Crippen molar-refractivity contribution < 1.29 is 0 Å². The van der Waals surface area contributed by atoms with Crippen LogP contribution in [0.5, 0.6) is 0 Å². The van der Waals surface area contributed by atoms with E-state index in [4.69, 9.17) is 18.0 Å². The molecule has 0 amide bonds. The van der Waals surface area contributed by atoms with Crippen LogP contribution in [0.3, 0.4) is 0 Å². The number of thiocarbonyl (C=S) groups is 1. The number of rotatable bonds is 3. The molecule has 1 unspecified atom stereocenters. The van der Waals surface area contributed by atoms with E-state index < -0.39 is 0 Å². The van der Waals surface area contributed by atoms with Crippen LogP contribution in [0.1, 0.15) is 28.9 Å². The van der Waals surface area contributed by atoms with Crippen LogP contribution in [0.15, 0.2) is 30.3 Å². The van der Waals surface area contributed by atoms with Crippen molar-refractivity contribution in [2.75, 3.05) is 5.32 Å². The first-order valence-corrected chi connectivity index (χ1v) is 7.51. The van der Waals surface area contributed by atoms with E-state index in [2.05, 4.69) is 39.6 Å². The van der Waals surface area contributed by atoms with E-state index in [0.717, 1.165) is 25.0 Å². The molecule has 1 atom stereocenters. The van der Waals surface area contributed by atoms with Crippen LogP contribution >= 0.6 is 12.2 Å². The molecule has 3 rings (SSSR count). The molecule has 1 aromatic heterocycles. The van der Waals surface area contributed by atoms with Crippen LogP contribution in [0.25, 0.3) is 0 Å². The molecule has 21 heavy (non-hydrogen) atoms. The van der Waals surface area contributed by atoms with Gasteiger partial charge >= 0.3 is 0 Å². The third-order valence-electron chi connectivity index (χ3n) is 3.79. The Hall–Kier alpha value is -2.01. The number of anilines is 1. The number of hydrogen-bond donors (Lipinski definition) is 2. The third kappa shape index (κ3) is 3.19.